The van der Waals surface area contributed by atoms with Crippen LogP contribution in [-0.4, -0.2) is 77.3 Å². The molecule has 13 heteroatoms. The molecule has 6 rings (SSSR count). The van der Waals surface area contributed by atoms with Crippen LogP contribution in [0.5, 0.6) is 5.88 Å². The number of aromatic hydroxyl groups is 1. The number of piperazine rings is 1. The maximum atomic E-state index is 13.3. The van der Waals surface area contributed by atoms with Crippen molar-refractivity contribution >= 4 is 17.3 Å². The quantitative estimate of drug-likeness (QED) is 0.238. The summed E-state index contributed by atoms with van der Waals surface area (Å²) in [5, 5.41) is 28.9. The Morgan fingerprint density at radius 3 is 2.27 bits per heavy atom. The van der Waals surface area contributed by atoms with Gasteiger partial charge in [-0.2, -0.15) is 15.2 Å². The summed E-state index contributed by atoms with van der Waals surface area (Å²) in [7, 11) is 0. The van der Waals surface area contributed by atoms with Gasteiger partial charge in [-0.3, -0.25) is 14.5 Å². The highest BCUT2D eigenvalue weighted by molar-refractivity contribution is 5.77. The summed E-state index contributed by atoms with van der Waals surface area (Å²) < 4.78 is 16.9. The molecule has 1 aliphatic rings. The summed E-state index contributed by atoms with van der Waals surface area (Å²) in [6.07, 6.45) is 7.11. The van der Waals surface area contributed by atoms with E-state index in [2.05, 4.69) is 30.0 Å². The summed E-state index contributed by atoms with van der Waals surface area (Å²) in [6, 6.07) is 7.74. The standard InChI is InChI=1S/C28H30FN9O3.2C2H6/c1-17(15-39)37-14-21(12-31-37)20-11-23-25(30-16-32-38(23)13-20)35-7-9-36(10-8-35)28-33-26(40)24(27(41)34-28)18(2)19-3-5-22(29)6-4-19;2*1-2/h3-6,11-14,16-18,39H,7-10,15H2,1-2H3,(H2,33,34,40,41);2*1-2H3/t17-,18?;;/m1../s1. The van der Waals surface area contributed by atoms with Crippen molar-refractivity contribution in [3.05, 3.63) is 82.5 Å². The molecule has 1 fully saturated rings. The van der Waals surface area contributed by atoms with Crippen LogP contribution < -0.4 is 15.4 Å². The van der Waals surface area contributed by atoms with Crippen LogP contribution >= 0.6 is 0 Å². The second-order valence-electron chi connectivity index (χ2n) is 10.3. The van der Waals surface area contributed by atoms with E-state index in [4.69, 9.17) is 0 Å². The fraction of sp³-hybridized carbons (Fsp3) is 0.406. The van der Waals surface area contributed by atoms with E-state index in [9.17, 15) is 19.4 Å². The Labute approximate surface area is 261 Å². The first-order chi connectivity index (χ1) is 21.8. The van der Waals surface area contributed by atoms with Crippen molar-refractivity contribution in [1.82, 2.24) is 34.3 Å². The lowest BCUT2D eigenvalue weighted by Gasteiger charge is -2.35. The molecular formula is C32H42FN9O3. The molecule has 0 spiro atoms. The fourth-order valence-electron chi connectivity index (χ4n) is 5.18. The first-order valence-electron chi connectivity index (χ1n) is 15.4. The zero-order chi connectivity index (χ0) is 32.7. The van der Waals surface area contributed by atoms with E-state index >= 15 is 0 Å². The second kappa shape index (κ2) is 14.8. The van der Waals surface area contributed by atoms with Gasteiger partial charge in [0.2, 0.25) is 11.8 Å². The molecule has 0 radical (unpaired) electrons. The Hall–Kier alpha value is -4.78. The third-order valence-electron chi connectivity index (χ3n) is 7.64. The van der Waals surface area contributed by atoms with Gasteiger partial charge in [0.25, 0.3) is 5.56 Å². The molecule has 45 heavy (non-hydrogen) atoms. The minimum absolute atomic E-state index is 0.00273. The molecule has 240 valence electrons. The monoisotopic (exact) mass is 619 g/mol. The highest BCUT2D eigenvalue weighted by Crippen LogP contribution is 2.30. The topological polar surface area (TPSA) is 141 Å². The maximum Gasteiger partial charge on any atom is 0.259 e. The molecule has 0 aliphatic carbocycles. The van der Waals surface area contributed by atoms with Crippen molar-refractivity contribution in [2.24, 2.45) is 0 Å². The number of fused-ring (bicyclic) bond motifs is 1. The molecule has 0 amide bonds. The Balaban J connectivity index is 0.00000111. The number of aliphatic hydroxyl groups excluding tert-OH is 1. The zero-order valence-electron chi connectivity index (χ0n) is 26.6. The molecule has 5 heterocycles. The van der Waals surface area contributed by atoms with E-state index in [0.29, 0.717) is 37.7 Å². The van der Waals surface area contributed by atoms with Crippen LogP contribution in [0.15, 0.2) is 60.0 Å². The number of nitrogens with one attached hydrogen (secondary N) is 1. The summed E-state index contributed by atoms with van der Waals surface area (Å²) in [5.41, 5.74) is 3.12. The third-order valence-corrected chi connectivity index (χ3v) is 7.64. The van der Waals surface area contributed by atoms with Gasteiger partial charge >= 0.3 is 0 Å². The number of nitrogens with zero attached hydrogens (tertiary/aromatic N) is 8. The molecule has 2 atom stereocenters. The molecular weight excluding hydrogens is 577 g/mol. The van der Waals surface area contributed by atoms with Crippen molar-refractivity contribution in [3.63, 3.8) is 0 Å². The van der Waals surface area contributed by atoms with Crippen molar-refractivity contribution in [1.29, 1.82) is 0 Å². The molecule has 0 saturated carbocycles. The predicted octanol–water partition coefficient (Wildman–Crippen LogP) is 4.60. The predicted molar refractivity (Wildman–Crippen MR) is 174 cm³/mol. The van der Waals surface area contributed by atoms with Crippen LogP contribution in [0.2, 0.25) is 0 Å². The molecule has 4 aromatic heterocycles. The van der Waals surface area contributed by atoms with Crippen molar-refractivity contribution < 1.29 is 14.6 Å². The first kappa shape index (κ1) is 33.1. The lowest BCUT2D eigenvalue weighted by atomic mass is 9.94. The van der Waals surface area contributed by atoms with Gasteiger partial charge in [0, 0.05) is 55.6 Å². The normalized spacial score (nSPS) is 14.3. The molecule has 1 aromatic carbocycles. The van der Waals surface area contributed by atoms with Crippen molar-refractivity contribution in [2.45, 2.75) is 53.5 Å². The Morgan fingerprint density at radius 1 is 0.956 bits per heavy atom. The van der Waals surface area contributed by atoms with Gasteiger partial charge in [0.15, 0.2) is 5.82 Å². The number of halogens is 1. The van der Waals surface area contributed by atoms with Gasteiger partial charge in [-0.25, -0.2) is 13.9 Å². The van der Waals surface area contributed by atoms with Crippen LogP contribution in [-0.2, 0) is 0 Å². The molecule has 1 saturated heterocycles. The van der Waals surface area contributed by atoms with E-state index < -0.39 is 11.5 Å². The van der Waals surface area contributed by atoms with Crippen LogP contribution in [0.1, 0.15) is 64.6 Å². The smallest absolute Gasteiger partial charge is 0.259 e. The van der Waals surface area contributed by atoms with Crippen LogP contribution in [0.3, 0.4) is 0 Å². The highest BCUT2D eigenvalue weighted by atomic mass is 19.1. The Kier molecular flexibility index (Phi) is 10.9. The average molecular weight is 620 g/mol. The fourth-order valence-corrected chi connectivity index (χ4v) is 5.18. The van der Waals surface area contributed by atoms with E-state index in [1.54, 1.807) is 34.5 Å². The van der Waals surface area contributed by atoms with Gasteiger partial charge in [-0.15, -0.1) is 0 Å². The Bertz CT molecular complexity index is 1740. The van der Waals surface area contributed by atoms with E-state index in [0.717, 1.165) is 22.5 Å². The summed E-state index contributed by atoms with van der Waals surface area (Å²) in [5.74, 6) is -0.0770. The van der Waals surface area contributed by atoms with Crippen molar-refractivity contribution in [3.8, 4) is 17.0 Å². The number of aromatic amines is 1. The van der Waals surface area contributed by atoms with Gasteiger partial charge in [-0.1, -0.05) is 46.8 Å². The van der Waals surface area contributed by atoms with E-state index in [1.165, 1.54) is 18.5 Å². The number of hydrogen-bond donors (Lipinski definition) is 3. The number of aliphatic hydroxyl groups is 1. The van der Waals surface area contributed by atoms with E-state index in [1.807, 2.05) is 58.0 Å². The lowest BCUT2D eigenvalue weighted by molar-refractivity contribution is 0.230. The number of anilines is 2. The molecule has 3 N–H and O–H groups in total. The third kappa shape index (κ3) is 6.98. The number of aromatic nitrogens is 7. The minimum atomic E-state index is -0.461. The molecule has 12 nitrogen and oxygen atoms in total. The summed E-state index contributed by atoms with van der Waals surface area (Å²) in [4.78, 5) is 28.7. The number of hydrogen-bond acceptors (Lipinski definition) is 9. The number of benzene rings is 1. The van der Waals surface area contributed by atoms with Crippen molar-refractivity contribution in [2.75, 3.05) is 42.6 Å². The minimum Gasteiger partial charge on any atom is -0.493 e. The number of rotatable bonds is 7. The average Bonchev–Trinajstić information content (AvgIpc) is 3.74. The molecule has 1 unspecified atom stereocenters. The van der Waals surface area contributed by atoms with Gasteiger partial charge in [-0.05, 0) is 30.7 Å². The summed E-state index contributed by atoms with van der Waals surface area (Å²) in [6.45, 7) is 14.0. The molecule has 1 aliphatic heterocycles. The van der Waals surface area contributed by atoms with E-state index in [-0.39, 0.29) is 29.9 Å². The van der Waals surface area contributed by atoms with Crippen LogP contribution in [0, 0.1) is 5.82 Å². The van der Waals surface area contributed by atoms with Crippen LogP contribution in [0.25, 0.3) is 16.6 Å². The lowest BCUT2D eigenvalue weighted by Crippen LogP contribution is -2.48. The largest absolute Gasteiger partial charge is 0.493 e. The maximum absolute atomic E-state index is 13.3. The molecule has 5 aromatic rings. The highest BCUT2D eigenvalue weighted by Gasteiger charge is 2.25. The number of H-pyrrole nitrogens is 1. The second-order valence-corrected chi connectivity index (χ2v) is 10.3. The molecule has 0 bridgehead atoms. The van der Waals surface area contributed by atoms with Gasteiger partial charge < -0.3 is 20.0 Å². The first-order valence-corrected chi connectivity index (χ1v) is 15.4. The summed E-state index contributed by atoms with van der Waals surface area (Å²) >= 11 is 0. The van der Waals surface area contributed by atoms with Gasteiger partial charge in [0.05, 0.1) is 24.4 Å². The SMILES string of the molecule is CC.CC.CC(c1ccc(F)cc1)c1c(O)nc(N2CCN(c3ncnn4cc(-c5cnn([C@H](C)CO)c5)cc34)CC2)[nH]c1=O. The van der Waals surface area contributed by atoms with Gasteiger partial charge in [0.1, 0.15) is 17.7 Å². The Morgan fingerprint density at radius 2 is 1.62 bits per heavy atom. The van der Waals surface area contributed by atoms with Crippen LogP contribution in [0.4, 0.5) is 16.2 Å². The zero-order valence-corrected chi connectivity index (χ0v) is 26.6.